The van der Waals surface area contributed by atoms with Gasteiger partial charge < -0.3 is 14.8 Å². The summed E-state index contributed by atoms with van der Waals surface area (Å²) in [5, 5.41) is 14.4. The molecule has 0 saturated heterocycles. The van der Waals surface area contributed by atoms with Gasteiger partial charge >= 0.3 is 0 Å². The topological polar surface area (TPSA) is 132 Å². The summed E-state index contributed by atoms with van der Waals surface area (Å²) in [6.07, 6.45) is 1.92. The van der Waals surface area contributed by atoms with E-state index in [1.807, 2.05) is 6.92 Å². The number of nitrogens with one attached hydrogen (secondary N) is 3. The lowest BCUT2D eigenvalue weighted by Crippen LogP contribution is -2.43. The molecule has 2 amide bonds. The molecule has 0 heterocycles. The zero-order chi connectivity index (χ0) is 21.5. The van der Waals surface area contributed by atoms with Gasteiger partial charge in [-0.05, 0) is 44.0 Å². The van der Waals surface area contributed by atoms with E-state index in [2.05, 4.69) is 16.2 Å². The average molecular weight is 414 g/mol. The zero-order valence-corrected chi connectivity index (χ0v) is 16.3. The largest absolute Gasteiger partial charge is 0.490 e. The Morgan fingerprint density at radius 1 is 1.10 bits per heavy atom. The first kappa shape index (κ1) is 20.9. The van der Waals surface area contributed by atoms with Crippen molar-refractivity contribution in [3.63, 3.8) is 0 Å². The normalized spacial score (nSPS) is 12.6. The Hall–Kier alpha value is -3.82. The molecule has 0 unspecified atom stereocenters. The number of rotatable bonds is 9. The Balaban J connectivity index is 1.54. The Labute approximate surface area is 172 Å². The van der Waals surface area contributed by atoms with Gasteiger partial charge in [0.25, 0.3) is 17.5 Å². The van der Waals surface area contributed by atoms with Gasteiger partial charge in [-0.2, -0.15) is 0 Å². The van der Waals surface area contributed by atoms with Crippen molar-refractivity contribution in [3.8, 4) is 11.5 Å². The fourth-order valence-corrected chi connectivity index (χ4v) is 2.62. The standard InChI is InChI=1S/C20H22N4O6/c1-2-29-17-5-3-4-6-18(17)30-12-19(25)22-23-20(26)13-7-10-15(21-14-8-9-14)16(11-13)24(27)28/h3-7,10-11,14,21H,2,8-9,12H2,1H3,(H,22,25)(H,23,26). The lowest BCUT2D eigenvalue weighted by molar-refractivity contribution is -0.384. The molecule has 0 spiro atoms. The van der Waals surface area contributed by atoms with Crippen LogP contribution < -0.4 is 25.6 Å². The van der Waals surface area contributed by atoms with E-state index in [9.17, 15) is 19.7 Å². The van der Waals surface area contributed by atoms with Gasteiger partial charge in [0.1, 0.15) is 5.69 Å². The first-order valence-corrected chi connectivity index (χ1v) is 9.46. The van der Waals surface area contributed by atoms with Crippen molar-refractivity contribution in [3.05, 3.63) is 58.1 Å². The van der Waals surface area contributed by atoms with E-state index < -0.39 is 16.7 Å². The van der Waals surface area contributed by atoms with Gasteiger partial charge in [0.05, 0.1) is 11.5 Å². The molecule has 3 rings (SSSR count). The number of hydrazine groups is 1. The summed E-state index contributed by atoms with van der Waals surface area (Å²) in [5.74, 6) is -0.380. The number of carbonyl (C=O) groups is 2. The smallest absolute Gasteiger partial charge is 0.293 e. The molecule has 158 valence electrons. The van der Waals surface area contributed by atoms with Crippen molar-refractivity contribution >= 4 is 23.2 Å². The van der Waals surface area contributed by atoms with Crippen LogP contribution in [-0.4, -0.2) is 36.0 Å². The number of hydrogen-bond donors (Lipinski definition) is 3. The second kappa shape index (κ2) is 9.59. The minimum atomic E-state index is -0.681. The summed E-state index contributed by atoms with van der Waals surface area (Å²) in [6, 6.07) is 11.2. The van der Waals surface area contributed by atoms with E-state index in [0.29, 0.717) is 23.8 Å². The number of amides is 2. The molecule has 0 bridgehead atoms. The van der Waals surface area contributed by atoms with Crippen molar-refractivity contribution in [1.29, 1.82) is 0 Å². The molecule has 2 aromatic carbocycles. The maximum absolute atomic E-state index is 12.3. The first-order valence-electron chi connectivity index (χ1n) is 9.46. The number of para-hydroxylation sites is 2. The van der Waals surface area contributed by atoms with Gasteiger partial charge in [0.15, 0.2) is 18.1 Å². The van der Waals surface area contributed by atoms with Crippen LogP contribution in [0.2, 0.25) is 0 Å². The highest BCUT2D eigenvalue weighted by Gasteiger charge is 2.25. The second-order valence-electron chi connectivity index (χ2n) is 6.58. The molecule has 2 aromatic rings. The van der Waals surface area contributed by atoms with Crippen LogP contribution in [0, 0.1) is 10.1 Å². The van der Waals surface area contributed by atoms with Gasteiger partial charge in [0.2, 0.25) is 0 Å². The molecular formula is C20H22N4O6. The van der Waals surface area contributed by atoms with Crippen LogP contribution in [0.15, 0.2) is 42.5 Å². The number of anilines is 1. The molecule has 0 atom stereocenters. The SMILES string of the molecule is CCOc1ccccc1OCC(=O)NNC(=O)c1ccc(NC2CC2)c([N+](=O)[O-])c1. The molecule has 3 N–H and O–H groups in total. The molecule has 10 heteroatoms. The Kier molecular flexibility index (Phi) is 6.68. The van der Waals surface area contributed by atoms with Crippen molar-refractivity contribution in [2.75, 3.05) is 18.5 Å². The summed E-state index contributed by atoms with van der Waals surface area (Å²) >= 11 is 0. The maximum Gasteiger partial charge on any atom is 0.293 e. The highest BCUT2D eigenvalue weighted by molar-refractivity contribution is 5.96. The lowest BCUT2D eigenvalue weighted by atomic mass is 10.1. The Bertz CT molecular complexity index is 945. The predicted molar refractivity (Wildman–Crippen MR) is 108 cm³/mol. The van der Waals surface area contributed by atoms with Gasteiger partial charge in [0, 0.05) is 17.7 Å². The fraction of sp³-hybridized carbons (Fsp3) is 0.300. The summed E-state index contributed by atoms with van der Waals surface area (Å²) in [5.41, 5.74) is 4.65. The number of nitro benzene ring substituents is 1. The van der Waals surface area contributed by atoms with E-state index in [-0.39, 0.29) is 23.9 Å². The van der Waals surface area contributed by atoms with E-state index in [1.54, 1.807) is 24.3 Å². The Morgan fingerprint density at radius 2 is 1.80 bits per heavy atom. The average Bonchev–Trinajstić information content (AvgIpc) is 3.55. The monoisotopic (exact) mass is 414 g/mol. The molecule has 1 saturated carbocycles. The molecular weight excluding hydrogens is 392 g/mol. The number of hydrogen-bond acceptors (Lipinski definition) is 7. The number of benzene rings is 2. The minimum Gasteiger partial charge on any atom is -0.490 e. The molecule has 0 aliphatic heterocycles. The van der Waals surface area contributed by atoms with Crippen LogP contribution in [0.5, 0.6) is 11.5 Å². The van der Waals surface area contributed by atoms with E-state index in [4.69, 9.17) is 9.47 Å². The minimum absolute atomic E-state index is 0.0472. The van der Waals surface area contributed by atoms with Crippen LogP contribution in [0.3, 0.4) is 0 Å². The Morgan fingerprint density at radius 3 is 2.43 bits per heavy atom. The van der Waals surface area contributed by atoms with Gasteiger partial charge in [-0.1, -0.05) is 12.1 Å². The highest BCUT2D eigenvalue weighted by atomic mass is 16.6. The van der Waals surface area contributed by atoms with Crippen LogP contribution in [-0.2, 0) is 4.79 Å². The quantitative estimate of drug-likeness (QED) is 0.424. The third kappa shape index (κ3) is 5.60. The van der Waals surface area contributed by atoms with Gasteiger partial charge in [-0.15, -0.1) is 0 Å². The molecule has 0 aromatic heterocycles. The predicted octanol–water partition coefficient (Wildman–Crippen LogP) is 2.41. The molecule has 1 aliphatic carbocycles. The summed E-state index contributed by atoms with van der Waals surface area (Å²) < 4.78 is 10.8. The molecule has 1 fully saturated rings. The third-order valence-corrected chi connectivity index (χ3v) is 4.22. The van der Waals surface area contributed by atoms with Gasteiger partial charge in [-0.3, -0.25) is 30.6 Å². The fourth-order valence-electron chi connectivity index (χ4n) is 2.62. The maximum atomic E-state index is 12.3. The summed E-state index contributed by atoms with van der Waals surface area (Å²) in [6.45, 7) is 1.93. The molecule has 0 radical (unpaired) electrons. The third-order valence-electron chi connectivity index (χ3n) is 4.22. The molecule has 30 heavy (non-hydrogen) atoms. The number of nitro groups is 1. The molecule has 1 aliphatic rings. The van der Waals surface area contributed by atoms with Crippen molar-refractivity contribution in [2.24, 2.45) is 0 Å². The summed E-state index contributed by atoms with van der Waals surface area (Å²) in [7, 11) is 0. The molecule has 10 nitrogen and oxygen atoms in total. The number of ether oxygens (including phenoxy) is 2. The van der Waals surface area contributed by atoms with Crippen molar-refractivity contribution in [1.82, 2.24) is 10.9 Å². The lowest BCUT2D eigenvalue weighted by Gasteiger charge is -2.12. The van der Waals surface area contributed by atoms with E-state index in [0.717, 1.165) is 12.8 Å². The first-order chi connectivity index (χ1) is 14.5. The van der Waals surface area contributed by atoms with E-state index >= 15 is 0 Å². The number of carbonyl (C=O) groups excluding carboxylic acids is 2. The summed E-state index contributed by atoms with van der Waals surface area (Å²) in [4.78, 5) is 35.0. The highest BCUT2D eigenvalue weighted by Crippen LogP contribution is 2.31. The van der Waals surface area contributed by atoms with Crippen LogP contribution in [0.4, 0.5) is 11.4 Å². The van der Waals surface area contributed by atoms with E-state index in [1.165, 1.54) is 18.2 Å². The van der Waals surface area contributed by atoms with Crippen LogP contribution in [0.1, 0.15) is 30.1 Å². The number of nitrogens with zero attached hydrogens (tertiary/aromatic N) is 1. The second-order valence-corrected chi connectivity index (χ2v) is 6.58. The van der Waals surface area contributed by atoms with Crippen LogP contribution in [0.25, 0.3) is 0 Å². The van der Waals surface area contributed by atoms with Crippen LogP contribution >= 0.6 is 0 Å². The van der Waals surface area contributed by atoms with Crippen molar-refractivity contribution in [2.45, 2.75) is 25.8 Å². The zero-order valence-electron chi connectivity index (χ0n) is 16.3. The van der Waals surface area contributed by atoms with Crippen molar-refractivity contribution < 1.29 is 24.0 Å². The van der Waals surface area contributed by atoms with Gasteiger partial charge in [-0.25, -0.2) is 0 Å².